The molecule has 1 aliphatic rings. The number of nitrogens with one attached hydrogen (secondary N) is 1. The van der Waals surface area contributed by atoms with E-state index >= 15 is 0 Å². The number of alkyl halides is 1. The second-order valence-corrected chi connectivity index (χ2v) is 4.45. The van der Waals surface area contributed by atoms with E-state index in [0.717, 1.165) is 19.3 Å². The first kappa shape index (κ1) is 10.5. The van der Waals surface area contributed by atoms with Crippen LogP contribution in [0.4, 0.5) is 5.82 Å². The van der Waals surface area contributed by atoms with Crippen molar-refractivity contribution in [2.75, 3.05) is 5.32 Å². The second-order valence-electron chi connectivity index (χ2n) is 3.89. The third kappa shape index (κ3) is 2.15. The molecule has 0 amide bonds. The van der Waals surface area contributed by atoms with Crippen LogP contribution in [-0.4, -0.2) is 21.0 Å². The van der Waals surface area contributed by atoms with Crippen LogP contribution in [-0.2, 0) is 7.05 Å². The SMILES string of the molecule is Cn1ccnc(NC2CCCC2Cl)c1=O. The Morgan fingerprint density at radius 2 is 2.40 bits per heavy atom. The standard InChI is InChI=1S/C10H14ClN3O/c1-14-6-5-12-9(10(14)15)13-8-4-2-3-7(8)11/h5-8H,2-4H2,1H3,(H,12,13). The van der Waals surface area contributed by atoms with Crippen molar-refractivity contribution in [3.05, 3.63) is 22.7 Å². The Bertz CT molecular complexity index is 404. The summed E-state index contributed by atoms with van der Waals surface area (Å²) in [4.78, 5) is 15.7. The van der Waals surface area contributed by atoms with Gasteiger partial charge in [-0.15, -0.1) is 11.6 Å². The molecule has 1 saturated carbocycles. The second kappa shape index (κ2) is 4.23. The van der Waals surface area contributed by atoms with E-state index in [0.29, 0.717) is 5.82 Å². The highest BCUT2D eigenvalue weighted by Gasteiger charge is 2.26. The van der Waals surface area contributed by atoms with Crippen molar-refractivity contribution in [2.24, 2.45) is 7.05 Å². The lowest BCUT2D eigenvalue weighted by atomic mass is 10.2. The summed E-state index contributed by atoms with van der Waals surface area (Å²) in [5.74, 6) is 0.401. The molecule has 0 bridgehead atoms. The highest BCUT2D eigenvalue weighted by atomic mass is 35.5. The van der Waals surface area contributed by atoms with Crippen LogP contribution in [0.5, 0.6) is 0 Å². The fourth-order valence-corrected chi connectivity index (χ4v) is 2.19. The molecule has 1 aromatic heterocycles. The molecule has 1 N–H and O–H groups in total. The van der Waals surface area contributed by atoms with E-state index in [1.165, 1.54) is 4.57 Å². The molecule has 2 unspecified atom stereocenters. The number of aromatic nitrogens is 2. The topological polar surface area (TPSA) is 46.9 Å². The van der Waals surface area contributed by atoms with Crippen LogP contribution in [0, 0.1) is 0 Å². The maximum absolute atomic E-state index is 11.7. The van der Waals surface area contributed by atoms with Gasteiger partial charge in [-0.1, -0.05) is 0 Å². The summed E-state index contributed by atoms with van der Waals surface area (Å²) in [5.41, 5.74) is -0.103. The molecular weight excluding hydrogens is 214 g/mol. The van der Waals surface area contributed by atoms with Crippen LogP contribution >= 0.6 is 11.6 Å². The Hall–Kier alpha value is -1.03. The quantitative estimate of drug-likeness (QED) is 0.776. The van der Waals surface area contributed by atoms with Crippen molar-refractivity contribution in [3.8, 4) is 0 Å². The first-order valence-corrected chi connectivity index (χ1v) is 5.54. The molecule has 15 heavy (non-hydrogen) atoms. The van der Waals surface area contributed by atoms with E-state index in [4.69, 9.17) is 11.6 Å². The first-order valence-electron chi connectivity index (χ1n) is 5.11. The molecule has 0 spiro atoms. The van der Waals surface area contributed by atoms with Crippen molar-refractivity contribution in [2.45, 2.75) is 30.7 Å². The molecule has 0 aromatic carbocycles. The average molecular weight is 228 g/mol. The van der Waals surface area contributed by atoms with Crippen LogP contribution in [0.25, 0.3) is 0 Å². The number of hydrogen-bond donors (Lipinski definition) is 1. The fraction of sp³-hybridized carbons (Fsp3) is 0.600. The van der Waals surface area contributed by atoms with E-state index in [1.807, 2.05) is 0 Å². The first-order chi connectivity index (χ1) is 7.18. The number of hydrogen-bond acceptors (Lipinski definition) is 3. The van der Waals surface area contributed by atoms with Crippen molar-refractivity contribution < 1.29 is 0 Å². The van der Waals surface area contributed by atoms with Crippen LogP contribution in [0.1, 0.15) is 19.3 Å². The van der Waals surface area contributed by atoms with Gasteiger partial charge in [-0.3, -0.25) is 4.79 Å². The molecule has 1 fully saturated rings. The molecule has 1 aliphatic carbocycles. The Morgan fingerprint density at radius 1 is 1.60 bits per heavy atom. The number of nitrogens with zero attached hydrogens (tertiary/aromatic N) is 2. The number of anilines is 1. The van der Waals surface area contributed by atoms with Gasteiger partial charge in [-0.25, -0.2) is 4.98 Å². The Labute approximate surface area is 93.3 Å². The van der Waals surface area contributed by atoms with Gasteiger partial charge in [0.25, 0.3) is 5.56 Å². The van der Waals surface area contributed by atoms with Gasteiger partial charge in [-0.05, 0) is 19.3 Å². The van der Waals surface area contributed by atoms with Crippen LogP contribution in [0.3, 0.4) is 0 Å². The molecule has 82 valence electrons. The van der Waals surface area contributed by atoms with Gasteiger partial charge in [0, 0.05) is 25.5 Å². The number of rotatable bonds is 2. The van der Waals surface area contributed by atoms with Gasteiger partial charge in [0.15, 0.2) is 5.82 Å². The summed E-state index contributed by atoms with van der Waals surface area (Å²) in [6.45, 7) is 0. The lowest BCUT2D eigenvalue weighted by molar-refractivity contribution is 0.744. The zero-order valence-corrected chi connectivity index (χ0v) is 9.37. The van der Waals surface area contributed by atoms with Crippen LogP contribution < -0.4 is 10.9 Å². The predicted octanol–water partition coefficient (Wildman–Crippen LogP) is 1.35. The van der Waals surface area contributed by atoms with Crippen molar-refractivity contribution in [1.29, 1.82) is 0 Å². The van der Waals surface area contributed by atoms with Crippen molar-refractivity contribution in [1.82, 2.24) is 9.55 Å². The summed E-state index contributed by atoms with van der Waals surface area (Å²) in [7, 11) is 1.71. The monoisotopic (exact) mass is 227 g/mol. The lowest BCUT2D eigenvalue weighted by Gasteiger charge is -2.15. The summed E-state index contributed by atoms with van der Waals surface area (Å²) in [6, 6.07) is 0.175. The minimum Gasteiger partial charge on any atom is -0.361 e. The van der Waals surface area contributed by atoms with E-state index in [1.54, 1.807) is 19.4 Å². The molecule has 2 rings (SSSR count). The van der Waals surface area contributed by atoms with Gasteiger partial charge >= 0.3 is 0 Å². The fourth-order valence-electron chi connectivity index (χ4n) is 1.85. The largest absolute Gasteiger partial charge is 0.361 e. The predicted molar refractivity (Wildman–Crippen MR) is 60.4 cm³/mol. The van der Waals surface area contributed by atoms with Gasteiger partial charge in [-0.2, -0.15) is 0 Å². The number of aryl methyl sites for hydroxylation is 1. The van der Waals surface area contributed by atoms with Crippen LogP contribution in [0.15, 0.2) is 17.2 Å². The zero-order valence-electron chi connectivity index (χ0n) is 8.61. The smallest absolute Gasteiger partial charge is 0.293 e. The van der Waals surface area contributed by atoms with Crippen molar-refractivity contribution >= 4 is 17.4 Å². The van der Waals surface area contributed by atoms with Crippen molar-refractivity contribution in [3.63, 3.8) is 0 Å². The summed E-state index contributed by atoms with van der Waals surface area (Å²) in [6.07, 6.45) is 6.38. The molecule has 4 nitrogen and oxygen atoms in total. The van der Waals surface area contributed by atoms with Gasteiger partial charge in [0.05, 0.1) is 5.38 Å². The third-order valence-electron chi connectivity index (χ3n) is 2.77. The van der Waals surface area contributed by atoms with E-state index < -0.39 is 0 Å². The molecule has 5 heteroatoms. The molecule has 2 atom stereocenters. The van der Waals surface area contributed by atoms with Gasteiger partial charge in [0.2, 0.25) is 0 Å². The minimum absolute atomic E-state index is 0.103. The molecular formula is C10H14ClN3O. The highest BCUT2D eigenvalue weighted by molar-refractivity contribution is 6.21. The van der Waals surface area contributed by atoms with E-state index in [-0.39, 0.29) is 17.0 Å². The van der Waals surface area contributed by atoms with E-state index in [2.05, 4.69) is 10.3 Å². The lowest BCUT2D eigenvalue weighted by Crippen LogP contribution is -2.30. The zero-order chi connectivity index (χ0) is 10.8. The molecule has 1 heterocycles. The Kier molecular flexibility index (Phi) is 2.95. The molecule has 1 aromatic rings. The van der Waals surface area contributed by atoms with E-state index in [9.17, 15) is 4.79 Å². The third-order valence-corrected chi connectivity index (χ3v) is 3.29. The molecule has 0 radical (unpaired) electrons. The summed E-state index contributed by atoms with van der Waals surface area (Å²) in [5, 5.41) is 3.23. The maximum atomic E-state index is 11.7. The average Bonchev–Trinajstić information content (AvgIpc) is 2.60. The summed E-state index contributed by atoms with van der Waals surface area (Å²) < 4.78 is 1.51. The normalized spacial score (nSPS) is 25.5. The summed E-state index contributed by atoms with van der Waals surface area (Å²) >= 11 is 6.12. The van der Waals surface area contributed by atoms with Crippen LogP contribution in [0.2, 0.25) is 0 Å². The molecule has 0 aliphatic heterocycles. The maximum Gasteiger partial charge on any atom is 0.293 e. The Balaban J connectivity index is 2.17. The highest BCUT2D eigenvalue weighted by Crippen LogP contribution is 2.25. The van der Waals surface area contributed by atoms with Gasteiger partial charge in [0.1, 0.15) is 0 Å². The van der Waals surface area contributed by atoms with Gasteiger partial charge < -0.3 is 9.88 Å². The molecule has 0 saturated heterocycles. The minimum atomic E-state index is -0.103. The number of halogens is 1. The Morgan fingerprint density at radius 3 is 3.07 bits per heavy atom.